The number of piperidine rings is 2. The fourth-order valence-electron chi connectivity index (χ4n) is 4.10. The van der Waals surface area contributed by atoms with Crippen molar-refractivity contribution in [3.8, 4) is 0 Å². The van der Waals surface area contributed by atoms with Gasteiger partial charge in [-0.2, -0.15) is 0 Å². The SMILES string of the molecule is C[C@H](NC(=O)CC1CCCN(C(=O)CC2CCN(C(=O)OC(C)(C)C)CC2)C1)C(=O)O. The Balaban J connectivity index is 1.75. The van der Waals surface area contributed by atoms with E-state index in [1.54, 1.807) is 4.90 Å². The molecule has 9 heteroatoms. The molecule has 0 radical (unpaired) electrons. The van der Waals surface area contributed by atoms with Crippen molar-refractivity contribution in [3.63, 3.8) is 0 Å². The second kappa shape index (κ2) is 10.8. The Bertz CT molecular complexity index is 667. The third-order valence-corrected chi connectivity index (χ3v) is 5.82. The van der Waals surface area contributed by atoms with Crippen LogP contribution in [0.5, 0.6) is 0 Å². The molecule has 2 aliphatic rings. The lowest BCUT2D eigenvalue weighted by Crippen LogP contribution is -2.45. The van der Waals surface area contributed by atoms with Crippen LogP contribution < -0.4 is 5.32 Å². The first-order chi connectivity index (χ1) is 14.4. The Morgan fingerprint density at radius 1 is 1.00 bits per heavy atom. The molecule has 1 unspecified atom stereocenters. The van der Waals surface area contributed by atoms with Crippen molar-refractivity contribution in [2.45, 2.75) is 77.9 Å². The van der Waals surface area contributed by atoms with Crippen molar-refractivity contribution in [3.05, 3.63) is 0 Å². The van der Waals surface area contributed by atoms with Crippen LogP contribution in [0.4, 0.5) is 4.79 Å². The molecule has 2 N–H and O–H groups in total. The van der Waals surface area contributed by atoms with E-state index in [1.807, 2.05) is 25.7 Å². The topological polar surface area (TPSA) is 116 Å². The normalized spacial score (nSPS) is 21.4. The highest BCUT2D eigenvalue weighted by molar-refractivity contribution is 5.83. The zero-order valence-electron chi connectivity index (χ0n) is 19.2. The largest absolute Gasteiger partial charge is 0.480 e. The van der Waals surface area contributed by atoms with Gasteiger partial charge in [0.1, 0.15) is 11.6 Å². The number of nitrogens with one attached hydrogen (secondary N) is 1. The number of likely N-dealkylation sites (tertiary alicyclic amines) is 2. The van der Waals surface area contributed by atoms with E-state index in [2.05, 4.69) is 5.32 Å². The first-order valence-corrected chi connectivity index (χ1v) is 11.2. The summed E-state index contributed by atoms with van der Waals surface area (Å²) in [6.07, 6.45) is 3.64. The number of hydrogen-bond donors (Lipinski definition) is 2. The molecule has 0 aromatic carbocycles. The number of hydrogen-bond acceptors (Lipinski definition) is 5. The van der Waals surface area contributed by atoms with Crippen LogP contribution >= 0.6 is 0 Å². The van der Waals surface area contributed by atoms with Gasteiger partial charge < -0.3 is 25.0 Å². The number of aliphatic carboxylic acids is 1. The van der Waals surface area contributed by atoms with Crippen LogP contribution in [0.25, 0.3) is 0 Å². The predicted octanol–water partition coefficient (Wildman–Crippen LogP) is 2.24. The summed E-state index contributed by atoms with van der Waals surface area (Å²) in [6.45, 7) is 9.39. The second-order valence-electron chi connectivity index (χ2n) is 9.79. The molecule has 2 saturated heterocycles. The number of rotatable bonds is 6. The van der Waals surface area contributed by atoms with Gasteiger partial charge in [-0.3, -0.25) is 14.4 Å². The molecular formula is C22H37N3O6. The second-order valence-corrected chi connectivity index (χ2v) is 9.79. The quantitative estimate of drug-likeness (QED) is 0.656. The molecule has 0 aromatic heterocycles. The van der Waals surface area contributed by atoms with Crippen LogP contribution in [0.1, 0.15) is 66.2 Å². The van der Waals surface area contributed by atoms with E-state index in [-0.39, 0.29) is 36.2 Å². The van der Waals surface area contributed by atoms with Crippen LogP contribution in [-0.2, 0) is 19.1 Å². The number of amides is 3. The van der Waals surface area contributed by atoms with E-state index >= 15 is 0 Å². The highest BCUT2D eigenvalue weighted by Gasteiger charge is 2.31. The molecule has 0 aliphatic carbocycles. The molecule has 2 aliphatic heterocycles. The molecule has 0 aromatic rings. The molecule has 176 valence electrons. The Labute approximate surface area is 184 Å². The van der Waals surface area contributed by atoms with Crippen LogP contribution in [0, 0.1) is 11.8 Å². The zero-order chi connectivity index (χ0) is 23.2. The summed E-state index contributed by atoms with van der Waals surface area (Å²) in [7, 11) is 0. The van der Waals surface area contributed by atoms with Crippen molar-refractivity contribution >= 4 is 23.9 Å². The van der Waals surface area contributed by atoms with Gasteiger partial charge in [-0.15, -0.1) is 0 Å². The lowest BCUT2D eigenvalue weighted by atomic mass is 9.91. The Morgan fingerprint density at radius 2 is 1.65 bits per heavy atom. The number of ether oxygens (including phenoxy) is 1. The van der Waals surface area contributed by atoms with Crippen molar-refractivity contribution in [1.82, 2.24) is 15.1 Å². The molecule has 0 saturated carbocycles. The molecular weight excluding hydrogens is 402 g/mol. The molecule has 2 heterocycles. The maximum absolute atomic E-state index is 12.8. The van der Waals surface area contributed by atoms with Crippen molar-refractivity contribution in [1.29, 1.82) is 0 Å². The lowest BCUT2D eigenvalue weighted by Gasteiger charge is -2.36. The van der Waals surface area contributed by atoms with Crippen molar-refractivity contribution < 1.29 is 29.0 Å². The van der Waals surface area contributed by atoms with Gasteiger partial charge in [-0.05, 0) is 65.2 Å². The summed E-state index contributed by atoms with van der Waals surface area (Å²) in [5.41, 5.74) is -0.517. The van der Waals surface area contributed by atoms with Gasteiger partial charge in [-0.1, -0.05) is 0 Å². The lowest BCUT2D eigenvalue weighted by molar-refractivity contribution is -0.141. The van der Waals surface area contributed by atoms with E-state index in [0.717, 1.165) is 25.7 Å². The first-order valence-electron chi connectivity index (χ1n) is 11.2. The van der Waals surface area contributed by atoms with E-state index in [4.69, 9.17) is 9.84 Å². The number of carboxylic acid groups (broad SMARTS) is 1. The van der Waals surface area contributed by atoms with E-state index in [0.29, 0.717) is 32.6 Å². The number of carbonyl (C=O) groups excluding carboxylic acids is 3. The minimum atomic E-state index is -1.06. The van der Waals surface area contributed by atoms with Gasteiger partial charge in [0.15, 0.2) is 0 Å². The van der Waals surface area contributed by atoms with E-state index < -0.39 is 17.6 Å². The zero-order valence-corrected chi connectivity index (χ0v) is 19.2. The smallest absolute Gasteiger partial charge is 0.410 e. The monoisotopic (exact) mass is 439 g/mol. The van der Waals surface area contributed by atoms with Crippen LogP contribution in [-0.4, -0.2) is 76.6 Å². The number of carbonyl (C=O) groups is 4. The van der Waals surface area contributed by atoms with Gasteiger partial charge >= 0.3 is 12.1 Å². The molecule has 2 rings (SSSR count). The van der Waals surface area contributed by atoms with Gasteiger partial charge in [0.05, 0.1) is 0 Å². The van der Waals surface area contributed by atoms with E-state index in [9.17, 15) is 19.2 Å². The molecule has 0 spiro atoms. The highest BCUT2D eigenvalue weighted by atomic mass is 16.6. The summed E-state index contributed by atoms with van der Waals surface area (Å²) in [5.74, 6) is -0.964. The molecule has 2 fully saturated rings. The third-order valence-electron chi connectivity index (χ3n) is 5.82. The molecule has 0 bridgehead atoms. The Morgan fingerprint density at radius 3 is 2.23 bits per heavy atom. The van der Waals surface area contributed by atoms with E-state index in [1.165, 1.54) is 6.92 Å². The maximum atomic E-state index is 12.8. The van der Waals surface area contributed by atoms with Gasteiger partial charge in [0, 0.05) is 39.0 Å². The number of nitrogens with zero attached hydrogens (tertiary/aromatic N) is 2. The molecule has 3 amide bonds. The minimum absolute atomic E-state index is 0.0488. The van der Waals surface area contributed by atoms with Crippen molar-refractivity contribution in [2.75, 3.05) is 26.2 Å². The summed E-state index contributed by atoms with van der Waals surface area (Å²) in [4.78, 5) is 51.5. The Kier molecular flexibility index (Phi) is 8.70. The summed E-state index contributed by atoms with van der Waals surface area (Å²) < 4.78 is 5.42. The first kappa shape index (κ1) is 24.9. The fourth-order valence-corrected chi connectivity index (χ4v) is 4.10. The molecule has 9 nitrogen and oxygen atoms in total. The Hall–Kier alpha value is -2.32. The van der Waals surface area contributed by atoms with Gasteiger partial charge in [0.25, 0.3) is 0 Å². The number of carboxylic acids is 1. The minimum Gasteiger partial charge on any atom is -0.480 e. The van der Waals surface area contributed by atoms with Crippen LogP contribution in [0.15, 0.2) is 0 Å². The fraction of sp³-hybridized carbons (Fsp3) is 0.818. The summed E-state index contributed by atoms with van der Waals surface area (Å²) >= 11 is 0. The molecule has 2 atom stereocenters. The highest BCUT2D eigenvalue weighted by Crippen LogP contribution is 2.25. The predicted molar refractivity (Wildman–Crippen MR) is 114 cm³/mol. The van der Waals surface area contributed by atoms with Gasteiger partial charge in [-0.25, -0.2) is 4.79 Å². The summed E-state index contributed by atoms with van der Waals surface area (Å²) in [5, 5.41) is 11.4. The van der Waals surface area contributed by atoms with Gasteiger partial charge in [0.2, 0.25) is 11.8 Å². The molecule has 31 heavy (non-hydrogen) atoms. The standard InChI is InChI=1S/C22H37N3O6/c1-15(20(28)29)23-18(26)12-17-6-5-9-25(14-17)19(27)13-16-7-10-24(11-8-16)21(30)31-22(2,3)4/h15-17H,5-14H2,1-4H3,(H,23,26)(H,28,29)/t15-,17?/m0/s1. The average molecular weight is 440 g/mol. The van der Waals surface area contributed by atoms with Crippen LogP contribution in [0.2, 0.25) is 0 Å². The third kappa shape index (κ3) is 8.38. The summed E-state index contributed by atoms with van der Waals surface area (Å²) in [6, 6.07) is -0.916. The maximum Gasteiger partial charge on any atom is 0.410 e. The van der Waals surface area contributed by atoms with Crippen molar-refractivity contribution in [2.24, 2.45) is 11.8 Å². The average Bonchev–Trinajstić information content (AvgIpc) is 2.67. The van der Waals surface area contributed by atoms with Crippen LogP contribution in [0.3, 0.4) is 0 Å².